The van der Waals surface area contributed by atoms with Crippen molar-refractivity contribution in [1.29, 1.82) is 0 Å². The first kappa shape index (κ1) is 15.2. The van der Waals surface area contributed by atoms with Crippen LogP contribution in [0.1, 0.15) is 48.5 Å². The number of unbranched alkanes of at least 4 members (excludes halogenated alkanes) is 2. The van der Waals surface area contributed by atoms with E-state index in [2.05, 4.69) is 12.2 Å². The lowest BCUT2D eigenvalue weighted by Crippen LogP contribution is -2.24. The minimum absolute atomic E-state index is 0.0541. The summed E-state index contributed by atoms with van der Waals surface area (Å²) in [5.74, 6) is -0.876. The van der Waals surface area contributed by atoms with Gasteiger partial charge in [-0.25, -0.2) is 4.79 Å². The van der Waals surface area contributed by atoms with Crippen molar-refractivity contribution in [3.63, 3.8) is 0 Å². The van der Waals surface area contributed by atoms with Gasteiger partial charge in [0.1, 0.15) is 0 Å². The molecule has 4 nitrogen and oxygen atoms in total. The Morgan fingerprint density at radius 2 is 1.84 bits per heavy atom. The molecule has 0 saturated heterocycles. The van der Waals surface area contributed by atoms with Gasteiger partial charge in [-0.3, -0.25) is 4.79 Å². The number of carbonyl (C=O) groups is 2. The Bertz CT molecular complexity index is 412. The summed E-state index contributed by atoms with van der Waals surface area (Å²) in [4.78, 5) is 22.2. The van der Waals surface area contributed by atoms with Crippen LogP contribution in [0.25, 0.3) is 0 Å². The number of carboxylic acids is 1. The van der Waals surface area contributed by atoms with E-state index in [0.717, 1.165) is 31.4 Å². The summed E-state index contributed by atoms with van der Waals surface area (Å²) < 4.78 is 0. The maximum atomic E-state index is 11.5. The average Bonchev–Trinajstić information content (AvgIpc) is 2.42. The van der Waals surface area contributed by atoms with E-state index in [9.17, 15) is 9.59 Å². The first-order valence-corrected chi connectivity index (χ1v) is 6.72. The van der Waals surface area contributed by atoms with Crippen molar-refractivity contribution in [1.82, 2.24) is 5.32 Å². The highest BCUT2D eigenvalue weighted by Crippen LogP contribution is 2.06. The fraction of sp³-hybridized carbons (Fsp3) is 0.467. The van der Waals surface area contributed by atoms with Gasteiger partial charge in [0.25, 0.3) is 0 Å². The monoisotopic (exact) mass is 263 g/mol. The largest absolute Gasteiger partial charge is 0.478 e. The number of aromatic carboxylic acids is 1. The topological polar surface area (TPSA) is 66.4 Å². The molecule has 104 valence electrons. The molecule has 0 radical (unpaired) electrons. The molecule has 0 aromatic heterocycles. The van der Waals surface area contributed by atoms with E-state index in [1.54, 1.807) is 24.3 Å². The van der Waals surface area contributed by atoms with Gasteiger partial charge in [-0.05, 0) is 30.5 Å². The molecule has 0 fully saturated rings. The number of carboxylic acid groups (broad SMARTS) is 1. The molecule has 1 aromatic carbocycles. The van der Waals surface area contributed by atoms with Crippen LogP contribution < -0.4 is 5.32 Å². The summed E-state index contributed by atoms with van der Waals surface area (Å²) in [6.07, 6.45) is 4.39. The van der Waals surface area contributed by atoms with Crippen LogP contribution in [0, 0.1) is 0 Å². The van der Waals surface area contributed by atoms with Crippen LogP contribution in [0.5, 0.6) is 0 Å². The molecule has 0 saturated carbocycles. The predicted octanol–water partition coefficient (Wildman–Crippen LogP) is 2.62. The molecule has 0 unspecified atom stereocenters. The Hall–Kier alpha value is -1.84. The zero-order valence-corrected chi connectivity index (χ0v) is 11.3. The highest BCUT2D eigenvalue weighted by atomic mass is 16.4. The molecule has 1 rings (SSSR count). The van der Waals surface area contributed by atoms with Crippen molar-refractivity contribution in [2.45, 2.75) is 39.0 Å². The van der Waals surface area contributed by atoms with Gasteiger partial charge in [-0.2, -0.15) is 0 Å². The summed E-state index contributed by atoms with van der Waals surface area (Å²) in [5, 5.41) is 11.7. The summed E-state index contributed by atoms with van der Waals surface area (Å²) >= 11 is 0. The second-order valence-corrected chi connectivity index (χ2v) is 4.56. The van der Waals surface area contributed by atoms with Crippen molar-refractivity contribution in [3.8, 4) is 0 Å². The number of amides is 1. The minimum atomic E-state index is -0.930. The van der Waals surface area contributed by atoms with Crippen LogP contribution in [-0.2, 0) is 11.2 Å². The fourth-order valence-corrected chi connectivity index (χ4v) is 1.76. The van der Waals surface area contributed by atoms with E-state index >= 15 is 0 Å². The minimum Gasteiger partial charge on any atom is -0.478 e. The normalized spacial score (nSPS) is 10.2. The Labute approximate surface area is 113 Å². The van der Waals surface area contributed by atoms with Gasteiger partial charge in [-0.15, -0.1) is 0 Å². The maximum absolute atomic E-state index is 11.5. The highest BCUT2D eigenvalue weighted by Gasteiger charge is 2.04. The molecule has 0 bridgehead atoms. The van der Waals surface area contributed by atoms with Crippen LogP contribution >= 0.6 is 0 Å². The summed E-state index contributed by atoms with van der Waals surface area (Å²) in [6, 6.07) is 6.65. The third-order valence-corrected chi connectivity index (χ3v) is 2.94. The Morgan fingerprint density at radius 1 is 1.16 bits per heavy atom. The second-order valence-electron chi connectivity index (χ2n) is 4.56. The smallest absolute Gasteiger partial charge is 0.335 e. The van der Waals surface area contributed by atoms with E-state index in [1.807, 2.05) is 0 Å². The number of carbonyl (C=O) groups excluding carboxylic acids is 1. The number of nitrogens with one attached hydrogen (secondary N) is 1. The molecule has 2 N–H and O–H groups in total. The number of hydrogen-bond donors (Lipinski definition) is 2. The van der Waals surface area contributed by atoms with Crippen LogP contribution in [0.15, 0.2) is 24.3 Å². The Morgan fingerprint density at radius 3 is 2.42 bits per heavy atom. The molecule has 0 aliphatic heterocycles. The van der Waals surface area contributed by atoms with Crippen molar-refractivity contribution in [2.75, 3.05) is 6.54 Å². The first-order valence-electron chi connectivity index (χ1n) is 6.72. The maximum Gasteiger partial charge on any atom is 0.335 e. The zero-order valence-electron chi connectivity index (χ0n) is 11.3. The quantitative estimate of drug-likeness (QED) is 0.708. The lowest BCUT2D eigenvalue weighted by molar-refractivity contribution is -0.121. The van der Waals surface area contributed by atoms with Gasteiger partial charge in [0, 0.05) is 13.0 Å². The van der Waals surface area contributed by atoms with E-state index in [-0.39, 0.29) is 11.5 Å². The summed E-state index contributed by atoms with van der Waals surface area (Å²) in [6.45, 7) is 2.87. The van der Waals surface area contributed by atoms with E-state index in [0.29, 0.717) is 12.8 Å². The number of hydrogen-bond acceptors (Lipinski definition) is 2. The molecule has 0 aliphatic rings. The molecule has 0 spiro atoms. The van der Waals surface area contributed by atoms with Crippen LogP contribution in [0.2, 0.25) is 0 Å². The van der Waals surface area contributed by atoms with Crippen LogP contribution in [-0.4, -0.2) is 23.5 Å². The molecule has 19 heavy (non-hydrogen) atoms. The molecule has 0 atom stereocenters. The first-order chi connectivity index (χ1) is 9.13. The molecular formula is C15H21NO3. The van der Waals surface area contributed by atoms with Crippen LogP contribution in [0.3, 0.4) is 0 Å². The van der Waals surface area contributed by atoms with Crippen molar-refractivity contribution in [3.05, 3.63) is 35.4 Å². The molecule has 4 heteroatoms. The fourth-order valence-electron chi connectivity index (χ4n) is 1.76. The average molecular weight is 263 g/mol. The van der Waals surface area contributed by atoms with Gasteiger partial charge in [-0.1, -0.05) is 31.9 Å². The number of benzene rings is 1. The lowest BCUT2D eigenvalue weighted by Gasteiger charge is -2.05. The summed E-state index contributed by atoms with van der Waals surface area (Å²) in [5.41, 5.74) is 1.25. The number of rotatable bonds is 8. The SMILES string of the molecule is CCCCCNC(=O)CCc1ccc(C(=O)O)cc1. The van der Waals surface area contributed by atoms with Crippen LogP contribution in [0.4, 0.5) is 0 Å². The van der Waals surface area contributed by atoms with Gasteiger partial charge in [0.2, 0.25) is 5.91 Å². The van der Waals surface area contributed by atoms with Gasteiger partial charge >= 0.3 is 5.97 Å². The standard InChI is InChI=1S/C15H21NO3/c1-2-3-4-11-16-14(17)10-7-12-5-8-13(9-6-12)15(18)19/h5-6,8-9H,2-4,7,10-11H2,1H3,(H,16,17)(H,18,19). The van der Waals surface area contributed by atoms with Gasteiger partial charge in [0.15, 0.2) is 0 Å². The highest BCUT2D eigenvalue weighted by molar-refractivity contribution is 5.87. The molecule has 1 amide bonds. The third kappa shape index (κ3) is 6.04. The Balaban J connectivity index is 2.28. The van der Waals surface area contributed by atoms with Crippen molar-refractivity contribution in [2.24, 2.45) is 0 Å². The zero-order chi connectivity index (χ0) is 14.1. The van der Waals surface area contributed by atoms with E-state index < -0.39 is 5.97 Å². The third-order valence-electron chi connectivity index (χ3n) is 2.94. The molecular weight excluding hydrogens is 242 g/mol. The number of aryl methyl sites for hydroxylation is 1. The molecule has 1 aromatic rings. The predicted molar refractivity (Wildman–Crippen MR) is 74.3 cm³/mol. The Kier molecular flexibility index (Phi) is 6.64. The van der Waals surface area contributed by atoms with E-state index in [4.69, 9.17) is 5.11 Å². The van der Waals surface area contributed by atoms with E-state index in [1.165, 1.54) is 0 Å². The molecule has 0 heterocycles. The van der Waals surface area contributed by atoms with Gasteiger partial charge in [0.05, 0.1) is 5.56 Å². The van der Waals surface area contributed by atoms with Crippen molar-refractivity contribution < 1.29 is 14.7 Å². The summed E-state index contributed by atoms with van der Waals surface area (Å²) in [7, 11) is 0. The van der Waals surface area contributed by atoms with Gasteiger partial charge < -0.3 is 10.4 Å². The van der Waals surface area contributed by atoms with Crippen molar-refractivity contribution >= 4 is 11.9 Å². The lowest BCUT2D eigenvalue weighted by atomic mass is 10.1. The molecule has 0 aliphatic carbocycles. The second kappa shape index (κ2) is 8.29.